The monoisotopic (exact) mass is 252 g/mol. The van der Waals surface area contributed by atoms with E-state index in [9.17, 15) is 4.79 Å². The molecule has 0 saturated heterocycles. The van der Waals surface area contributed by atoms with Crippen molar-refractivity contribution in [2.75, 3.05) is 0 Å². The van der Waals surface area contributed by atoms with Gasteiger partial charge in [-0.3, -0.25) is 0 Å². The zero-order chi connectivity index (χ0) is 12.3. The predicted octanol–water partition coefficient (Wildman–Crippen LogP) is 2.34. The van der Waals surface area contributed by atoms with Gasteiger partial charge < -0.3 is 14.8 Å². The van der Waals surface area contributed by atoms with Gasteiger partial charge >= 0.3 is 5.97 Å². The van der Waals surface area contributed by atoms with Crippen molar-refractivity contribution in [2.24, 2.45) is 0 Å². The van der Waals surface area contributed by atoms with Gasteiger partial charge in [-0.25, -0.2) is 9.78 Å². The second kappa shape index (κ2) is 4.88. The number of carbonyl (C=O) groups is 1. The maximum Gasteiger partial charge on any atom is 0.356 e. The number of benzene rings is 1. The highest BCUT2D eigenvalue weighted by molar-refractivity contribution is 6.30. The number of hydrogen-bond acceptors (Lipinski definition) is 3. The number of carboxylic acid groups (broad SMARTS) is 1. The Bertz CT molecular complexity index is 539. The average Bonchev–Trinajstić information content (AvgIpc) is 2.74. The minimum Gasteiger partial charge on any atom is -0.487 e. The minimum absolute atomic E-state index is 0.0352. The van der Waals surface area contributed by atoms with Gasteiger partial charge in [0.1, 0.15) is 12.4 Å². The van der Waals surface area contributed by atoms with Crippen molar-refractivity contribution < 1.29 is 14.6 Å². The van der Waals surface area contributed by atoms with Crippen LogP contribution in [0.2, 0.25) is 5.02 Å². The van der Waals surface area contributed by atoms with Crippen molar-refractivity contribution >= 4 is 17.6 Å². The van der Waals surface area contributed by atoms with Crippen LogP contribution in [0.25, 0.3) is 0 Å². The first-order valence-corrected chi connectivity index (χ1v) is 5.18. The normalized spacial score (nSPS) is 10.2. The number of carboxylic acids is 1. The lowest BCUT2D eigenvalue weighted by Gasteiger charge is -2.05. The molecule has 1 heterocycles. The van der Waals surface area contributed by atoms with Crippen LogP contribution in [-0.4, -0.2) is 21.0 Å². The number of rotatable bonds is 4. The largest absolute Gasteiger partial charge is 0.487 e. The molecule has 5 nitrogen and oxygen atoms in total. The third-order valence-electron chi connectivity index (χ3n) is 2.10. The van der Waals surface area contributed by atoms with Crippen molar-refractivity contribution in [1.29, 1.82) is 0 Å². The van der Waals surface area contributed by atoms with Gasteiger partial charge in [0.05, 0.1) is 12.0 Å². The van der Waals surface area contributed by atoms with Crippen molar-refractivity contribution in [1.82, 2.24) is 9.97 Å². The summed E-state index contributed by atoms with van der Waals surface area (Å²) in [4.78, 5) is 17.2. The summed E-state index contributed by atoms with van der Waals surface area (Å²) in [6, 6.07) is 6.87. The Morgan fingerprint density at radius 2 is 2.35 bits per heavy atom. The quantitative estimate of drug-likeness (QED) is 0.876. The number of H-pyrrole nitrogens is 1. The Labute approximate surface area is 102 Å². The smallest absolute Gasteiger partial charge is 0.356 e. The fourth-order valence-electron chi connectivity index (χ4n) is 1.33. The number of halogens is 1. The van der Waals surface area contributed by atoms with E-state index in [1.54, 1.807) is 24.3 Å². The molecule has 0 radical (unpaired) electrons. The van der Waals surface area contributed by atoms with Gasteiger partial charge in [0.2, 0.25) is 0 Å². The number of hydrogen-bond donors (Lipinski definition) is 2. The molecule has 2 aromatic rings. The number of aromatic nitrogens is 2. The van der Waals surface area contributed by atoms with Crippen molar-refractivity contribution in [3.05, 3.63) is 47.0 Å². The van der Waals surface area contributed by atoms with Gasteiger partial charge in [-0.15, -0.1) is 0 Å². The number of ether oxygens (including phenoxy) is 1. The Morgan fingerprint density at radius 1 is 1.53 bits per heavy atom. The summed E-state index contributed by atoms with van der Waals surface area (Å²) in [6.07, 6.45) is 1.32. The van der Waals surface area contributed by atoms with Crippen LogP contribution in [0.15, 0.2) is 30.6 Å². The summed E-state index contributed by atoms with van der Waals surface area (Å²) < 4.78 is 5.40. The van der Waals surface area contributed by atoms with Crippen molar-refractivity contribution in [3.63, 3.8) is 0 Å². The molecule has 2 rings (SSSR count). The molecule has 0 amide bonds. The van der Waals surface area contributed by atoms with Crippen molar-refractivity contribution in [2.45, 2.75) is 6.61 Å². The fourth-order valence-corrected chi connectivity index (χ4v) is 1.51. The van der Waals surface area contributed by atoms with Crippen molar-refractivity contribution in [3.8, 4) is 5.75 Å². The molecule has 0 aliphatic carbocycles. The number of imidazole rings is 1. The molecule has 17 heavy (non-hydrogen) atoms. The summed E-state index contributed by atoms with van der Waals surface area (Å²) in [6.45, 7) is 0.0992. The van der Waals surface area contributed by atoms with E-state index in [0.29, 0.717) is 16.5 Å². The van der Waals surface area contributed by atoms with Gasteiger partial charge in [-0.05, 0) is 18.2 Å². The van der Waals surface area contributed by atoms with E-state index >= 15 is 0 Å². The number of aromatic amines is 1. The third kappa shape index (κ3) is 2.76. The standard InChI is InChI=1S/C11H9ClN2O3/c12-7-2-1-3-8(4-7)17-5-9-10(11(15)16)14-6-13-9/h1-4,6H,5H2,(H,13,14)(H,15,16). The molecule has 1 aromatic carbocycles. The van der Waals surface area contributed by atoms with Gasteiger partial charge in [0, 0.05) is 5.02 Å². The predicted molar refractivity (Wildman–Crippen MR) is 61.3 cm³/mol. The summed E-state index contributed by atoms with van der Waals surface area (Å²) in [5.74, 6) is -0.514. The SMILES string of the molecule is O=C(O)c1nc[nH]c1COc1cccc(Cl)c1. The molecule has 6 heteroatoms. The highest BCUT2D eigenvalue weighted by Crippen LogP contribution is 2.18. The maximum atomic E-state index is 10.8. The topological polar surface area (TPSA) is 75.2 Å². The van der Waals surface area contributed by atoms with Crippen LogP contribution in [0.5, 0.6) is 5.75 Å². The molecule has 0 aliphatic heterocycles. The summed E-state index contributed by atoms with van der Waals surface area (Å²) >= 11 is 5.79. The minimum atomic E-state index is -1.09. The molecule has 2 N–H and O–H groups in total. The molecule has 0 fully saturated rings. The molecule has 1 aromatic heterocycles. The lowest BCUT2D eigenvalue weighted by molar-refractivity contribution is 0.0688. The molecule has 0 atom stereocenters. The summed E-state index contributed by atoms with van der Waals surface area (Å²) in [7, 11) is 0. The fraction of sp³-hybridized carbons (Fsp3) is 0.0909. The number of aromatic carboxylic acids is 1. The van der Waals surface area contributed by atoms with E-state index < -0.39 is 5.97 Å². The van der Waals surface area contributed by atoms with E-state index in [2.05, 4.69) is 9.97 Å². The van der Waals surface area contributed by atoms with Gasteiger partial charge in [0.15, 0.2) is 5.69 Å². The van der Waals surface area contributed by atoms with Crippen LogP contribution in [0.3, 0.4) is 0 Å². The van der Waals surface area contributed by atoms with Crippen LogP contribution >= 0.6 is 11.6 Å². The Balaban J connectivity index is 2.07. The van der Waals surface area contributed by atoms with E-state index in [4.69, 9.17) is 21.4 Å². The molecular formula is C11H9ClN2O3. The van der Waals surface area contributed by atoms with Gasteiger partial charge in [-0.1, -0.05) is 17.7 Å². The second-order valence-corrected chi connectivity index (χ2v) is 3.72. The van der Waals surface area contributed by atoms with E-state index in [1.807, 2.05) is 0 Å². The first kappa shape index (κ1) is 11.5. The second-order valence-electron chi connectivity index (χ2n) is 3.28. The Kier molecular flexibility index (Phi) is 3.30. The molecule has 0 bridgehead atoms. The molecular weight excluding hydrogens is 244 g/mol. The molecule has 0 spiro atoms. The molecule has 88 valence electrons. The van der Waals surface area contributed by atoms with Crippen LogP contribution in [-0.2, 0) is 6.61 Å². The highest BCUT2D eigenvalue weighted by Gasteiger charge is 2.13. The first-order valence-electron chi connectivity index (χ1n) is 4.80. The zero-order valence-corrected chi connectivity index (χ0v) is 9.44. The Morgan fingerprint density at radius 3 is 3.06 bits per heavy atom. The molecule has 0 aliphatic rings. The molecule has 0 unspecified atom stereocenters. The van der Waals surface area contributed by atoms with E-state index in [-0.39, 0.29) is 12.3 Å². The van der Waals surface area contributed by atoms with Crippen LogP contribution < -0.4 is 4.74 Å². The summed E-state index contributed by atoms with van der Waals surface area (Å²) in [5, 5.41) is 9.40. The lowest BCUT2D eigenvalue weighted by atomic mass is 10.3. The zero-order valence-electron chi connectivity index (χ0n) is 8.68. The maximum absolute atomic E-state index is 10.8. The van der Waals surface area contributed by atoms with Gasteiger partial charge in [0.25, 0.3) is 0 Å². The van der Waals surface area contributed by atoms with Crippen LogP contribution in [0.4, 0.5) is 0 Å². The van der Waals surface area contributed by atoms with E-state index in [0.717, 1.165) is 0 Å². The average molecular weight is 253 g/mol. The first-order chi connectivity index (χ1) is 8.16. The Hall–Kier alpha value is -2.01. The van der Waals surface area contributed by atoms with Crippen LogP contribution in [0.1, 0.15) is 16.2 Å². The van der Waals surface area contributed by atoms with E-state index in [1.165, 1.54) is 6.33 Å². The molecule has 0 saturated carbocycles. The number of nitrogens with one attached hydrogen (secondary N) is 1. The highest BCUT2D eigenvalue weighted by atomic mass is 35.5. The third-order valence-corrected chi connectivity index (χ3v) is 2.34. The summed E-state index contributed by atoms with van der Waals surface area (Å²) in [5.41, 5.74) is 0.379. The lowest BCUT2D eigenvalue weighted by Crippen LogP contribution is -2.05. The number of nitrogens with zero attached hydrogens (tertiary/aromatic N) is 1. The van der Waals surface area contributed by atoms with Gasteiger partial charge in [-0.2, -0.15) is 0 Å². The van der Waals surface area contributed by atoms with Crippen LogP contribution in [0, 0.1) is 0 Å².